The van der Waals surface area contributed by atoms with Crippen molar-refractivity contribution in [2.24, 2.45) is 5.92 Å². The Bertz CT molecular complexity index is 864. The van der Waals surface area contributed by atoms with Gasteiger partial charge in [-0.15, -0.1) is 0 Å². The second-order valence-corrected chi connectivity index (χ2v) is 9.03. The Hall–Kier alpha value is -2.57. The van der Waals surface area contributed by atoms with Crippen LogP contribution in [0.1, 0.15) is 31.0 Å². The van der Waals surface area contributed by atoms with Crippen LogP contribution in [0.4, 0.5) is 0 Å². The van der Waals surface area contributed by atoms with Crippen LogP contribution in [-0.4, -0.2) is 51.8 Å². The lowest BCUT2D eigenvalue weighted by Crippen LogP contribution is -3.28. The number of piperazine rings is 1. The molecule has 6 nitrogen and oxygen atoms in total. The van der Waals surface area contributed by atoms with Gasteiger partial charge in [-0.25, -0.2) is 0 Å². The van der Waals surface area contributed by atoms with E-state index in [1.807, 2.05) is 18.2 Å². The van der Waals surface area contributed by atoms with Crippen molar-refractivity contribution in [3.05, 3.63) is 59.7 Å². The van der Waals surface area contributed by atoms with Crippen LogP contribution in [0, 0.1) is 5.92 Å². The molecule has 1 saturated heterocycles. The second-order valence-electron chi connectivity index (χ2n) is 9.03. The molecule has 1 amide bonds. The van der Waals surface area contributed by atoms with Crippen molar-refractivity contribution >= 4 is 5.91 Å². The lowest BCUT2D eigenvalue weighted by atomic mass is 9.95. The van der Waals surface area contributed by atoms with E-state index in [4.69, 9.17) is 9.47 Å². The fraction of sp³-hybridized carbons (Fsp3) is 0.480. The Morgan fingerprint density at radius 1 is 0.935 bits per heavy atom. The molecule has 2 aliphatic rings. The van der Waals surface area contributed by atoms with Crippen LogP contribution in [0.5, 0.6) is 11.5 Å². The standard InChI is InChI=1S/C25H33N3O3/c1-19(2)25(21-8-9-22-23(16-21)31-15-14-30-22)26-24(29)18-28-12-10-27(11-13-28)17-20-6-4-3-5-7-20/h3-9,16,19,25H,10-15,17-18H2,1-2H3,(H,26,29)/p+2/t25-/m1/s1. The Kier molecular flexibility index (Phi) is 7.10. The molecule has 6 heteroatoms. The Labute approximate surface area is 185 Å². The van der Waals surface area contributed by atoms with Crippen molar-refractivity contribution in [2.45, 2.75) is 26.4 Å². The molecule has 0 bridgehead atoms. The highest BCUT2D eigenvalue weighted by Crippen LogP contribution is 2.34. The lowest BCUT2D eigenvalue weighted by molar-refractivity contribution is -1.02. The highest BCUT2D eigenvalue weighted by Gasteiger charge is 2.27. The molecule has 0 aromatic heterocycles. The average Bonchev–Trinajstić information content (AvgIpc) is 2.79. The van der Waals surface area contributed by atoms with Gasteiger partial charge in [0.05, 0.1) is 6.04 Å². The number of hydrogen-bond acceptors (Lipinski definition) is 3. The van der Waals surface area contributed by atoms with Gasteiger partial charge in [0, 0.05) is 5.56 Å². The Balaban J connectivity index is 1.29. The van der Waals surface area contributed by atoms with Crippen LogP contribution in [0.2, 0.25) is 0 Å². The van der Waals surface area contributed by atoms with Gasteiger partial charge in [0.15, 0.2) is 18.0 Å². The molecular weight excluding hydrogens is 390 g/mol. The summed E-state index contributed by atoms with van der Waals surface area (Å²) in [5.41, 5.74) is 2.46. The molecule has 1 fully saturated rings. The Morgan fingerprint density at radius 3 is 2.32 bits per heavy atom. The molecule has 0 radical (unpaired) electrons. The fourth-order valence-electron chi connectivity index (χ4n) is 4.54. The topological polar surface area (TPSA) is 56.4 Å². The molecule has 2 aliphatic heterocycles. The number of benzene rings is 2. The average molecular weight is 426 g/mol. The van der Waals surface area contributed by atoms with Gasteiger partial charge >= 0.3 is 0 Å². The summed E-state index contributed by atoms with van der Waals surface area (Å²) in [6, 6.07) is 16.6. The number of amides is 1. The summed E-state index contributed by atoms with van der Waals surface area (Å²) < 4.78 is 11.4. The minimum absolute atomic E-state index is 0.0345. The van der Waals surface area contributed by atoms with Gasteiger partial charge in [0.1, 0.15) is 45.9 Å². The molecule has 1 atom stereocenters. The van der Waals surface area contributed by atoms with E-state index in [0.29, 0.717) is 19.8 Å². The molecule has 4 rings (SSSR count). The van der Waals surface area contributed by atoms with E-state index in [1.165, 1.54) is 10.5 Å². The molecule has 0 spiro atoms. The highest BCUT2D eigenvalue weighted by molar-refractivity contribution is 5.77. The third-order valence-electron chi connectivity index (χ3n) is 6.28. The van der Waals surface area contributed by atoms with Crippen LogP contribution < -0.4 is 24.6 Å². The second kappa shape index (κ2) is 10.2. The molecule has 2 aromatic rings. The maximum Gasteiger partial charge on any atom is 0.275 e. The molecule has 2 heterocycles. The largest absolute Gasteiger partial charge is 0.486 e. The van der Waals surface area contributed by atoms with Crippen LogP contribution in [0.25, 0.3) is 0 Å². The summed E-state index contributed by atoms with van der Waals surface area (Å²) in [6.07, 6.45) is 0. The number of hydrogen-bond donors (Lipinski definition) is 3. The van der Waals surface area contributed by atoms with Gasteiger partial charge in [0.25, 0.3) is 5.91 Å². The number of fused-ring (bicyclic) bond motifs is 1. The zero-order chi connectivity index (χ0) is 21.6. The molecular formula is C25H35N3O3+2. The maximum atomic E-state index is 12.9. The first kappa shape index (κ1) is 21.7. The summed E-state index contributed by atoms with van der Waals surface area (Å²) in [5, 5.41) is 3.27. The number of carbonyl (C=O) groups excluding carboxylic acids is 1. The van der Waals surface area contributed by atoms with Gasteiger partial charge in [-0.3, -0.25) is 4.79 Å². The first-order valence-electron chi connectivity index (χ1n) is 11.5. The van der Waals surface area contributed by atoms with E-state index < -0.39 is 0 Å². The van der Waals surface area contributed by atoms with Crippen LogP contribution in [0.3, 0.4) is 0 Å². The third kappa shape index (κ3) is 5.77. The number of ether oxygens (including phenoxy) is 2. The zero-order valence-corrected chi connectivity index (χ0v) is 18.7. The van der Waals surface area contributed by atoms with Crippen molar-refractivity contribution < 1.29 is 24.1 Å². The molecule has 2 aromatic carbocycles. The first-order valence-corrected chi connectivity index (χ1v) is 11.5. The normalized spacial score (nSPS) is 21.5. The Morgan fingerprint density at radius 2 is 1.61 bits per heavy atom. The summed E-state index contributed by atoms with van der Waals surface area (Å²) >= 11 is 0. The van der Waals surface area contributed by atoms with Gasteiger partial charge in [0.2, 0.25) is 0 Å². The monoisotopic (exact) mass is 425 g/mol. The number of carbonyl (C=O) groups is 1. The van der Waals surface area contributed by atoms with Crippen molar-refractivity contribution in [1.29, 1.82) is 0 Å². The van der Waals surface area contributed by atoms with Gasteiger partial charge in [-0.05, 0) is 23.6 Å². The number of nitrogens with one attached hydrogen (secondary N) is 3. The maximum absolute atomic E-state index is 12.9. The highest BCUT2D eigenvalue weighted by atomic mass is 16.6. The summed E-state index contributed by atoms with van der Waals surface area (Å²) in [7, 11) is 0. The lowest BCUT2D eigenvalue weighted by Gasteiger charge is -2.30. The van der Waals surface area contributed by atoms with E-state index in [9.17, 15) is 4.79 Å². The quantitative estimate of drug-likeness (QED) is 0.596. The van der Waals surface area contributed by atoms with E-state index in [-0.39, 0.29) is 17.9 Å². The predicted octanol–water partition coefficient (Wildman–Crippen LogP) is 0.255. The fourth-order valence-corrected chi connectivity index (χ4v) is 4.54. The molecule has 31 heavy (non-hydrogen) atoms. The van der Waals surface area contributed by atoms with E-state index in [2.05, 4.69) is 49.5 Å². The summed E-state index contributed by atoms with van der Waals surface area (Å²) in [6.45, 7) is 11.3. The SMILES string of the molecule is CC(C)[C@@H](NC(=O)C[NH+]1CC[NH+](Cc2ccccc2)CC1)c1ccc2c(c1)OCCO2. The number of rotatable bonds is 7. The predicted molar refractivity (Wildman–Crippen MR) is 120 cm³/mol. The van der Waals surface area contributed by atoms with Crippen LogP contribution in [0.15, 0.2) is 48.5 Å². The number of quaternary nitrogens is 2. The molecule has 166 valence electrons. The third-order valence-corrected chi connectivity index (χ3v) is 6.28. The van der Waals surface area contributed by atoms with Crippen molar-refractivity contribution in [1.82, 2.24) is 5.32 Å². The van der Waals surface area contributed by atoms with Crippen LogP contribution in [-0.2, 0) is 11.3 Å². The van der Waals surface area contributed by atoms with E-state index in [0.717, 1.165) is 49.8 Å². The molecule has 3 N–H and O–H groups in total. The molecule has 0 aliphatic carbocycles. The molecule has 0 unspecified atom stereocenters. The van der Waals surface area contributed by atoms with Crippen molar-refractivity contribution in [3.63, 3.8) is 0 Å². The van der Waals surface area contributed by atoms with Crippen molar-refractivity contribution in [3.8, 4) is 11.5 Å². The molecule has 0 saturated carbocycles. The summed E-state index contributed by atoms with van der Waals surface area (Å²) in [5.74, 6) is 1.96. The first-order chi connectivity index (χ1) is 15.1. The smallest absolute Gasteiger partial charge is 0.275 e. The summed E-state index contributed by atoms with van der Waals surface area (Å²) in [4.78, 5) is 15.8. The van der Waals surface area contributed by atoms with Crippen LogP contribution >= 0.6 is 0 Å². The van der Waals surface area contributed by atoms with E-state index in [1.54, 1.807) is 4.90 Å². The zero-order valence-electron chi connectivity index (χ0n) is 18.7. The van der Waals surface area contributed by atoms with E-state index >= 15 is 0 Å². The van der Waals surface area contributed by atoms with Gasteiger partial charge in [-0.1, -0.05) is 50.2 Å². The minimum Gasteiger partial charge on any atom is -0.486 e. The van der Waals surface area contributed by atoms with Gasteiger partial charge in [-0.2, -0.15) is 0 Å². The van der Waals surface area contributed by atoms with Gasteiger partial charge < -0.3 is 24.6 Å². The minimum atomic E-state index is -0.0345. The van der Waals surface area contributed by atoms with Crippen molar-refractivity contribution in [2.75, 3.05) is 45.9 Å².